The second-order valence-corrected chi connectivity index (χ2v) is 10.7. The van der Waals surface area contributed by atoms with E-state index in [4.69, 9.17) is 0 Å². The summed E-state index contributed by atoms with van der Waals surface area (Å²) >= 11 is 1.78. The molecule has 3 N–H and O–H groups in total. The molecule has 3 aromatic rings. The van der Waals surface area contributed by atoms with Gasteiger partial charge in [0.1, 0.15) is 0 Å². The van der Waals surface area contributed by atoms with Gasteiger partial charge < -0.3 is 20.9 Å². The van der Waals surface area contributed by atoms with Crippen molar-refractivity contribution in [2.24, 2.45) is 5.92 Å². The zero-order valence-corrected chi connectivity index (χ0v) is 23.0. The summed E-state index contributed by atoms with van der Waals surface area (Å²) < 4.78 is 2.87. The number of thioether (sulfide) groups is 1. The third kappa shape index (κ3) is 6.99. The van der Waals surface area contributed by atoms with Crippen molar-refractivity contribution in [3.05, 3.63) is 65.1 Å². The third-order valence-corrected chi connectivity index (χ3v) is 7.76. The number of rotatable bonds is 10. The zero-order chi connectivity index (χ0) is 26.9. The number of piperidine rings is 1. The average molecular weight is 539 g/mol. The minimum atomic E-state index is -0.369. The second-order valence-electron chi connectivity index (χ2n) is 9.72. The molecule has 10 heteroatoms. The summed E-state index contributed by atoms with van der Waals surface area (Å²) in [4.78, 5) is 40.8. The lowest BCUT2D eigenvalue weighted by Crippen LogP contribution is -2.48. The van der Waals surface area contributed by atoms with Crippen LogP contribution < -0.4 is 21.6 Å². The number of para-hydroxylation sites is 3. The lowest BCUT2D eigenvalue weighted by Gasteiger charge is -2.34. The molecule has 0 saturated carbocycles. The number of anilines is 1. The highest BCUT2D eigenvalue weighted by Crippen LogP contribution is 2.18. The van der Waals surface area contributed by atoms with Crippen molar-refractivity contribution in [1.29, 1.82) is 0 Å². The van der Waals surface area contributed by atoms with Gasteiger partial charge >= 0.3 is 17.8 Å². The molecule has 0 aliphatic carbocycles. The van der Waals surface area contributed by atoms with Gasteiger partial charge in [-0.3, -0.25) is 4.57 Å². The Morgan fingerprint density at radius 3 is 2.39 bits per heavy atom. The molecule has 1 aromatic heterocycles. The van der Waals surface area contributed by atoms with E-state index in [2.05, 4.69) is 27.1 Å². The van der Waals surface area contributed by atoms with E-state index in [9.17, 15) is 14.4 Å². The number of carbonyl (C=O) groups excluding carboxylic acids is 2. The fourth-order valence-corrected chi connectivity index (χ4v) is 5.57. The van der Waals surface area contributed by atoms with Gasteiger partial charge in [-0.2, -0.15) is 11.8 Å². The summed E-state index contributed by atoms with van der Waals surface area (Å²) in [5, 5.41) is 9.06. The number of imidazole rings is 1. The number of carbonyl (C=O) groups is 2. The van der Waals surface area contributed by atoms with Crippen molar-refractivity contribution in [2.75, 3.05) is 43.5 Å². The normalized spacial score (nSPS) is 15.3. The van der Waals surface area contributed by atoms with E-state index in [0.29, 0.717) is 24.5 Å². The summed E-state index contributed by atoms with van der Waals surface area (Å²) in [7, 11) is 0. The number of aromatic nitrogens is 2. The second kappa shape index (κ2) is 13.5. The number of fused-ring (bicyclic) bond motifs is 1. The molecule has 0 bridgehead atoms. The highest BCUT2D eigenvalue weighted by atomic mass is 32.2. The molecular weight excluding hydrogens is 500 g/mol. The first-order chi connectivity index (χ1) is 18.5. The van der Waals surface area contributed by atoms with Gasteiger partial charge in [0.2, 0.25) is 0 Å². The van der Waals surface area contributed by atoms with Crippen molar-refractivity contribution in [2.45, 2.75) is 38.8 Å². The Labute approximate surface area is 228 Å². The first-order valence-electron chi connectivity index (χ1n) is 13.3. The number of amides is 3. The quantitative estimate of drug-likeness (QED) is 0.362. The summed E-state index contributed by atoms with van der Waals surface area (Å²) in [5.74, 6) is 1.33. The molecule has 1 fully saturated rings. The van der Waals surface area contributed by atoms with Crippen LogP contribution in [0.25, 0.3) is 11.0 Å². The van der Waals surface area contributed by atoms with Crippen molar-refractivity contribution >= 4 is 40.5 Å². The number of urea groups is 1. The molecule has 9 nitrogen and oxygen atoms in total. The summed E-state index contributed by atoms with van der Waals surface area (Å²) in [6.07, 6.45) is 4.89. The van der Waals surface area contributed by atoms with Crippen LogP contribution in [0, 0.1) is 5.92 Å². The molecule has 0 spiro atoms. The van der Waals surface area contributed by atoms with Gasteiger partial charge in [-0.25, -0.2) is 19.0 Å². The number of hydrogen-bond donors (Lipinski definition) is 3. The molecule has 38 heavy (non-hydrogen) atoms. The maximum absolute atomic E-state index is 13.0. The molecule has 2 aromatic carbocycles. The first kappa shape index (κ1) is 27.8. The van der Waals surface area contributed by atoms with E-state index in [1.54, 1.807) is 16.3 Å². The van der Waals surface area contributed by atoms with Crippen LogP contribution in [0.3, 0.4) is 0 Å². The van der Waals surface area contributed by atoms with Gasteiger partial charge in [0.05, 0.1) is 11.0 Å². The highest BCUT2D eigenvalue weighted by Gasteiger charge is 2.24. The van der Waals surface area contributed by atoms with Crippen LogP contribution in [0.2, 0.25) is 0 Å². The Morgan fingerprint density at radius 1 is 1.03 bits per heavy atom. The van der Waals surface area contributed by atoms with Crippen LogP contribution in [-0.4, -0.2) is 70.3 Å². The Morgan fingerprint density at radius 2 is 1.71 bits per heavy atom. The lowest BCUT2D eigenvalue weighted by atomic mass is 9.96. The zero-order valence-electron chi connectivity index (χ0n) is 22.2. The van der Waals surface area contributed by atoms with Crippen molar-refractivity contribution in [1.82, 2.24) is 24.7 Å². The monoisotopic (exact) mass is 538 g/mol. The summed E-state index contributed by atoms with van der Waals surface area (Å²) in [5.41, 5.74) is 1.87. The molecular formula is C28H38N6O3S. The predicted molar refractivity (Wildman–Crippen MR) is 155 cm³/mol. The SMILES string of the molecule is CCn1c(=O)n(C(=O)NCC2CCN(CC(CCSC)NC(=O)Nc3ccccc3)CC2)c2ccccc21. The fraction of sp³-hybridized carbons (Fsp3) is 0.464. The topological polar surface area (TPSA) is 100 Å². The number of likely N-dealkylation sites (tertiary alicyclic amines) is 1. The van der Waals surface area contributed by atoms with Gasteiger partial charge in [-0.15, -0.1) is 0 Å². The Balaban J connectivity index is 1.27. The van der Waals surface area contributed by atoms with Crippen LogP contribution >= 0.6 is 11.8 Å². The van der Waals surface area contributed by atoms with Crippen LogP contribution in [0.4, 0.5) is 15.3 Å². The van der Waals surface area contributed by atoms with E-state index in [1.165, 1.54) is 4.57 Å². The average Bonchev–Trinajstić information content (AvgIpc) is 3.22. The minimum absolute atomic E-state index is 0.0603. The molecule has 1 unspecified atom stereocenters. The number of nitrogens with zero attached hydrogens (tertiary/aromatic N) is 3. The molecule has 1 atom stereocenters. The molecule has 1 saturated heterocycles. The number of nitrogens with one attached hydrogen (secondary N) is 3. The maximum atomic E-state index is 13.0. The fourth-order valence-electron chi connectivity index (χ4n) is 5.05. The smallest absolute Gasteiger partial charge is 0.337 e. The van der Waals surface area contributed by atoms with E-state index in [-0.39, 0.29) is 23.8 Å². The predicted octanol–water partition coefficient (Wildman–Crippen LogP) is 4.04. The van der Waals surface area contributed by atoms with Crippen molar-refractivity contribution in [3.63, 3.8) is 0 Å². The van der Waals surface area contributed by atoms with Gasteiger partial charge in [0.25, 0.3) is 0 Å². The van der Waals surface area contributed by atoms with E-state index >= 15 is 0 Å². The Kier molecular flexibility index (Phi) is 9.89. The number of aryl methyl sites for hydroxylation is 1. The molecule has 4 rings (SSSR count). The van der Waals surface area contributed by atoms with E-state index < -0.39 is 0 Å². The van der Waals surface area contributed by atoms with Gasteiger partial charge in [-0.05, 0) is 81.5 Å². The molecule has 3 amide bonds. The first-order valence-corrected chi connectivity index (χ1v) is 14.7. The molecule has 2 heterocycles. The van der Waals surface area contributed by atoms with Gasteiger partial charge in [-0.1, -0.05) is 30.3 Å². The minimum Gasteiger partial charge on any atom is -0.337 e. The van der Waals surface area contributed by atoms with E-state index in [0.717, 1.165) is 55.9 Å². The van der Waals surface area contributed by atoms with E-state index in [1.807, 2.05) is 61.5 Å². The molecule has 1 aliphatic heterocycles. The van der Waals surface area contributed by atoms with Gasteiger partial charge in [0, 0.05) is 31.4 Å². The van der Waals surface area contributed by atoms with Crippen LogP contribution in [0.1, 0.15) is 26.2 Å². The van der Waals surface area contributed by atoms with Gasteiger partial charge in [0.15, 0.2) is 0 Å². The maximum Gasteiger partial charge on any atom is 0.337 e. The third-order valence-electron chi connectivity index (χ3n) is 7.12. The van der Waals surface area contributed by atoms with Crippen LogP contribution in [0.15, 0.2) is 59.4 Å². The highest BCUT2D eigenvalue weighted by molar-refractivity contribution is 7.98. The lowest BCUT2D eigenvalue weighted by molar-refractivity contribution is 0.166. The largest absolute Gasteiger partial charge is 0.337 e. The molecule has 0 radical (unpaired) electrons. The molecule has 1 aliphatic rings. The number of hydrogen-bond acceptors (Lipinski definition) is 5. The standard InChI is InChI=1S/C28H38N6O3S/c1-3-33-24-11-7-8-12-25(24)34(28(33)37)27(36)29-19-21-13-16-32(17-14-21)20-23(15-18-38-2)31-26(35)30-22-9-5-4-6-10-22/h4-12,21,23H,3,13-20H2,1-2H3,(H,29,36)(H2,30,31,35). The summed E-state index contributed by atoms with van der Waals surface area (Å²) in [6.45, 7) is 5.58. The molecule has 204 valence electrons. The van der Waals surface area contributed by atoms with Crippen molar-refractivity contribution in [3.8, 4) is 0 Å². The Bertz CT molecular complexity index is 1270. The van der Waals surface area contributed by atoms with Crippen LogP contribution in [0.5, 0.6) is 0 Å². The van der Waals surface area contributed by atoms with Crippen molar-refractivity contribution < 1.29 is 9.59 Å². The summed E-state index contributed by atoms with van der Waals surface area (Å²) in [6, 6.07) is 16.4. The Hall–Kier alpha value is -3.24. The number of benzene rings is 2. The van der Waals surface area contributed by atoms with Crippen LogP contribution in [-0.2, 0) is 6.54 Å².